The molecule has 3 nitrogen and oxygen atoms in total. The zero-order valence-electron chi connectivity index (χ0n) is 11.2. The van der Waals surface area contributed by atoms with Gasteiger partial charge in [0.2, 0.25) is 0 Å². The fourth-order valence-electron chi connectivity index (χ4n) is 2.28. The van der Waals surface area contributed by atoms with Crippen LogP contribution in [0.5, 0.6) is 0 Å². The summed E-state index contributed by atoms with van der Waals surface area (Å²) in [4.78, 5) is 2.44. The highest BCUT2D eigenvalue weighted by atomic mass is 16.3. The van der Waals surface area contributed by atoms with Crippen LogP contribution in [-0.4, -0.2) is 41.3 Å². The molecule has 0 aliphatic heterocycles. The van der Waals surface area contributed by atoms with E-state index >= 15 is 0 Å². The molecule has 0 amide bonds. The fraction of sp³-hybridized carbons (Fsp3) is 1.00. The molecule has 1 aliphatic rings. The van der Waals surface area contributed by atoms with Gasteiger partial charge in [0.15, 0.2) is 0 Å². The van der Waals surface area contributed by atoms with Gasteiger partial charge in [-0.1, -0.05) is 27.7 Å². The molecule has 0 aromatic carbocycles. The molecular weight excluding hydrogens is 200 g/mol. The smallest absolute Gasteiger partial charge is 0.0602 e. The number of rotatable bonds is 7. The van der Waals surface area contributed by atoms with E-state index in [2.05, 4.69) is 32.6 Å². The van der Waals surface area contributed by atoms with E-state index in [1.165, 1.54) is 12.8 Å². The molecule has 3 N–H and O–H groups in total. The van der Waals surface area contributed by atoms with E-state index in [-0.39, 0.29) is 18.7 Å². The first-order chi connectivity index (χ1) is 7.47. The van der Waals surface area contributed by atoms with Crippen LogP contribution in [0.15, 0.2) is 0 Å². The third-order valence-corrected chi connectivity index (χ3v) is 3.42. The summed E-state index contributed by atoms with van der Waals surface area (Å²) in [6.07, 6.45) is 2.54. The molecule has 0 aromatic rings. The Kier molecular flexibility index (Phi) is 5.22. The molecule has 2 unspecified atom stereocenters. The van der Waals surface area contributed by atoms with E-state index in [1.807, 2.05) is 0 Å². The number of aliphatic hydroxyl groups excluding tert-OH is 1. The van der Waals surface area contributed by atoms with Gasteiger partial charge in [-0.05, 0) is 24.7 Å². The van der Waals surface area contributed by atoms with Crippen LogP contribution in [0.1, 0.15) is 40.5 Å². The number of nitrogens with two attached hydrogens (primary N) is 1. The lowest BCUT2D eigenvalue weighted by Crippen LogP contribution is -2.54. The second-order valence-electron chi connectivity index (χ2n) is 5.89. The third kappa shape index (κ3) is 3.72. The maximum atomic E-state index is 9.58. The minimum absolute atomic E-state index is 0.0735. The first kappa shape index (κ1) is 13.9. The third-order valence-electron chi connectivity index (χ3n) is 3.42. The molecule has 2 atom stereocenters. The average molecular weight is 228 g/mol. The van der Waals surface area contributed by atoms with Crippen molar-refractivity contribution in [3.63, 3.8) is 0 Å². The fourth-order valence-corrected chi connectivity index (χ4v) is 2.28. The Balaban J connectivity index is 2.64. The molecule has 3 heteroatoms. The lowest BCUT2D eigenvalue weighted by atomic mass is 9.95. The number of hydrogen-bond acceptors (Lipinski definition) is 3. The summed E-state index contributed by atoms with van der Waals surface area (Å²) in [6, 6.07) is 0.878. The molecule has 1 rings (SSSR count). The predicted molar refractivity (Wildman–Crippen MR) is 68.3 cm³/mol. The van der Waals surface area contributed by atoms with Gasteiger partial charge in [-0.3, -0.25) is 4.90 Å². The normalized spacial score (nSPS) is 20.8. The largest absolute Gasteiger partial charge is 0.395 e. The van der Waals surface area contributed by atoms with Crippen molar-refractivity contribution in [2.75, 3.05) is 13.2 Å². The monoisotopic (exact) mass is 228 g/mol. The van der Waals surface area contributed by atoms with Crippen LogP contribution in [0.3, 0.4) is 0 Å². The molecule has 1 fully saturated rings. The topological polar surface area (TPSA) is 49.5 Å². The molecule has 0 bridgehead atoms. The van der Waals surface area contributed by atoms with E-state index in [4.69, 9.17) is 5.73 Å². The highest BCUT2D eigenvalue weighted by molar-refractivity contribution is 4.93. The Morgan fingerprint density at radius 1 is 1.25 bits per heavy atom. The van der Waals surface area contributed by atoms with Gasteiger partial charge in [0.05, 0.1) is 6.61 Å². The molecule has 1 aliphatic carbocycles. The van der Waals surface area contributed by atoms with Crippen molar-refractivity contribution in [2.24, 2.45) is 17.6 Å². The van der Waals surface area contributed by atoms with Crippen molar-refractivity contribution < 1.29 is 5.11 Å². The van der Waals surface area contributed by atoms with Crippen molar-refractivity contribution in [1.29, 1.82) is 0 Å². The maximum absolute atomic E-state index is 9.58. The summed E-state index contributed by atoms with van der Waals surface area (Å²) in [5.74, 6) is 1.06. The van der Waals surface area contributed by atoms with Crippen LogP contribution in [0.4, 0.5) is 0 Å². The molecule has 0 saturated heterocycles. The van der Waals surface area contributed by atoms with Crippen LogP contribution >= 0.6 is 0 Å². The van der Waals surface area contributed by atoms with Gasteiger partial charge < -0.3 is 10.8 Å². The van der Waals surface area contributed by atoms with Gasteiger partial charge in [-0.2, -0.15) is 0 Å². The number of aliphatic hydroxyl groups is 1. The van der Waals surface area contributed by atoms with Gasteiger partial charge in [-0.15, -0.1) is 0 Å². The quantitative estimate of drug-likeness (QED) is 0.693. The molecule has 0 spiro atoms. The first-order valence-electron chi connectivity index (χ1n) is 6.59. The summed E-state index contributed by atoms with van der Waals surface area (Å²) in [5, 5.41) is 9.58. The zero-order valence-corrected chi connectivity index (χ0v) is 11.2. The average Bonchev–Trinajstić information content (AvgIpc) is 2.99. The van der Waals surface area contributed by atoms with Gasteiger partial charge >= 0.3 is 0 Å². The van der Waals surface area contributed by atoms with E-state index in [0.717, 1.165) is 6.54 Å². The van der Waals surface area contributed by atoms with Crippen molar-refractivity contribution in [1.82, 2.24) is 4.90 Å². The molecular formula is C13H28N2O. The molecule has 96 valence electrons. The molecule has 0 radical (unpaired) electrons. The second-order valence-corrected chi connectivity index (χ2v) is 5.89. The van der Waals surface area contributed by atoms with Crippen molar-refractivity contribution in [3.8, 4) is 0 Å². The molecule has 0 aromatic heterocycles. The minimum atomic E-state index is 0.0735. The molecule has 1 saturated carbocycles. The lowest BCUT2D eigenvalue weighted by molar-refractivity contribution is 0.0754. The Bertz CT molecular complexity index is 202. The van der Waals surface area contributed by atoms with Crippen molar-refractivity contribution >= 4 is 0 Å². The summed E-state index contributed by atoms with van der Waals surface area (Å²) < 4.78 is 0. The van der Waals surface area contributed by atoms with Gasteiger partial charge in [-0.25, -0.2) is 0 Å². The van der Waals surface area contributed by atoms with Crippen LogP contribution in [0, 0.1) is 11.8 Å². The second kappa shape index (κ2) is 5.99. The predicted octanol–water partition coefficient (Wildman–Crippen LogP) is 1.45. The Labute approximate surface area is 100 Å². The SMILES string of the molecule is CC(C)CN(C1CC1)C(CO)C(N)C(C)C. The number of hydrogen-bond donors (Lipinski definition) is 2. The van der Waals surface area contributed by atoms with Crippen LogP contribution in [0.2, 0.25) is 0 Å². The van der Waals surface area contributed by atoms with Gasteiger partial charge in [0.1, 0.15) is 0 Å². The summed E-state index contributed by atoms with van der Waals surface area (Å²) in [7, 11) is 0. The molecule has 16 heavy (non-hydrogen) atoms. The summed E-state index contributed by atoms with van der Waals surface area (Å²) in [5.41, 5.74) is 6.21. The van der Waals surface area contributed by atoms with Crippen molar-refractivity contribution in [2.45, 2.75) is 58.7 Å². The molecule has 0 heterocycles. The van der Waals surface area contributed by atoms with Crippen LogP contribution < -0.4 is 5.73 Å². The summed E-state index contributed by atoms with van der Waals surface area (Å²) in [6.45, 7) is 9.95. The van der Waals surface area contributed by atoms with E-state index in [0.29, 0.717) is 17.9 Å². The number of nitrogens with zero attached hydrogens (tertiary/aromatic N) is 1. The van der Waals surface area contributed by atoms with E-state index < -0.39 is 0 Å². The Morgan fingerprint density at radius 3 is 2.12 bits per heavy atom. The van der Waals surface area contributed by atoms with E-state index in [1.54, 1.807) is 0 Å². The first-order valence-corrected chi connectivity index (χ1v) is 6.59. The summed E-state index contributed by atoms with van der Waals surface area (Å²) >= 11 is 0. The van der Waals surface area contributed by atoms with Crippen LogP contribution in [0.25, 0.3) is 0 Å². The Hall–Kier alpha value is -0.120. The van der Waals surface area contributed by atoms with Gasteiger partial charge in [0, 0.05) is 24.7 Å². The Morgan fingerprint density at radius 2 is 1.81 bits per heavy atom. The minimum Gasteiger partial charge on any atom is -0.395 e. The maximum Gasteiger partial charge on any atom is 0.0602 e. The van der Waals surface area contributed by atoms with E-state index in [9.17, 15) is 5.11 Å². The lowest BCUT2D eigenvalue weighted by Gasteiger charge is -2.37. The van der Waals surface area contributed by atoms with Crippen molar-refractivity contribution in [3.05, 3.63) is 0 Å². The van der Waals surface area contributed by atoms with Gasteiger partial charge in [0.25, 0.3) is 0 Å². The standard InChI is InChI=1S/C13H28N2O/c1-9(2)7-15(11-5-6-11)12(8-16)13(14)10(3)4/h9-13,16H,5-8,14H2,1-4H3. The highest BCUT2D eigenvalue weighted by Gasteiger charge is 2.36. The highest BCUT2D eigenvalue weighted by Crippen LogP contribution is 2.30. The van der Waals surface area contributed by atoms with Crippen LogP contribution in [-0.2, 0) is 0 Å². The zero-order chi connectivity index (χ0) is 12.3.